The lowest BCUT2D eigenvalue weighted by Gasteiger charge is -2.04. The predicted molar refractivity (Wildman–Crippen MR) is 74.6 cm³/mol. The number of nitrogens with zero attached hydrogens (tertiary/aromatic N) is 1. The molecule has 0 aliphatic rings. The van der Waals surface area contributed by atoms with Gasteiger partial charge in [0.15, 0.2) is 0 Å². The molecule has 0 radical (unpaired) electrons. The standard InChI is InChI=1S/C13H12N2O3S/c1-18-11-2-4-12(5-3-11)19-13-7-9(14)6-10(8-13)15(16)17/h2-8H,14H2,1H3. The Balaban J connectivity index is 2.24. The Morgan fingerprint density at radius 2 is 1.84 bits per heavy atom. The van der Waals surface area contributed by atoms with Crippen LogP contribution in [-0.2, 0) is 0 Å². The Morgan fingerprint density at radius 3 is 2.42 bits per heavy atom. The fourth-order valence-corrected chi connectivity index (χ4v) is 2.47. The zero-order valence-electron chi connectivity index (χ0n) is 10.2. The Bertz CT molecular complexity index is 599. The highest BCUT2D eigenvalue weighted by Crippen LogP contribution is 2.32. The van der Waals surface area contributed by atoms with E-state index in [1.807, 2.05) is 24.3 Å². The van der Waals surface area contributed by atoms with Gasteiger partial charge >= 0.3 is 0 Å². The lowest BCUT2D eigenvalue weighted by Crippen LogP contribution is -1.92. The molecule has 5 nitrogen and oxygen atoms in total. The van der Waals surface area contributed by atoms with Crippen molar-refractivity contribution in [2.75, 3.05) is 12.8 Å². The third-order valence-corrected chi connectivity index (χ3v) is 3.40. The van der Waals surface area contributed by atoms with Gasteiger partial charge in [-0.05, 0) is 30.3 Å². The predicted octanol–water partition coefficient (Wildman–Crippen LogP) is 3.34. The summed E-state index contributed by atoms with van der Waals surface area (Å²) in [5.74, 6) is 0.767. The number of nitrogens with two attached hydrogens (primary N) is 1. The number of benzene rings is 2. The van der Waals surface area contributed by atoms with Crippen molar-refractivity contribution in [2.45, 2.75) is 9.79 Å². The van der Waals surface area contributed by atoms with Crippen LogP contribution in [0, 0.1) is 10.1 Å². The van der Waals surface area contributed by atoms with Crippen LogP contribution in [0.1, 0.15) is 0 Å². The number of nitro groups is 1. The maximum Gasteiger partial charge on any atom is 0.272 e. The van der Waals surface area contributed by atoms with E-state index in [4.69, 9.17) is 10.5 Å². The largest absolute Gasteiger partial charge is 0.497 e. The summed E-state index contributed by atoms with van der Waals surface area (Å²) in [6.07, 6.45) is 0. The fourth-order valence-electron chi connectivity index (χ4n) is 1.55. The van der Waals surface area contributed by atoms with Crippen LogP contribution < -0.4 is 10.5 Å². The Labute approximate surface area is 114 Å². The minimum absolute atomic E-state index is 0.00369. The summed E-state index contributed by atoms with van der Waals surface area (Å²) in [6.45, 7) is 0. The summed E-state index contributed by atoms with van der Waals surface area (Å²) in [4.78, 5) is 12.0. The third-order valence-electron chi connectivity index (χ3n) is 2.42. The van der Waals surface area contributed by atoms with Gasteiger partial charge in [0, 0.05) is 27.6 Å². The van der Waals surface area contributed by atoms with Gasteiger partial charge in [0.2, 0.25) is 0 Å². The first-order valence-corrected chi connectivity index (χ1v) is 6.27. The quantitative estimate of drug-likeness (QED) is 0.526. The molecular formula is C13H12N2O3S. The van der Waals surface area contributed by atoms with Gasteiger partial charge < -0.3 is 10.5 Å². The molecule has 0 saturated heterocycles. The van der Waals surface area contributed by atoms with Crippen LogP contribution in [-0.4, -0.2) is 12.0 Å². The highest BCUT2D eigenvalue weighted by Gasteiger charge is 2.09. The first-order valence-electron chi connectivity index (χ1n) is 5.45. The lowest BCUT2D eigenvalue weighted by molar-refractivity contribution is -0.385. The van der Waals surface area contributed by atoms with E-state index in [0.717, 1.165) is 15.5 Å². The Morgan fingerprint density at radius 1 is 1.16 bits per heavy atom. The summed E-state index contributed by atoms with van der Waals surface area (Å²) < 4.78 is 5.07. The molecule has 2 aromatic rings. The number of nitro benzene ring substituents is 1. The second kappa shape index (κ2) is 5.62. The first-order chi connectivity index (χ1) is 9.08. The van der Waals surface area contributed by atoms with Gasteiger partial charge in [0.05, 0.1) is 12.0 Å². The molecule has 2 rings (SSSR count). The molecule has 0 spiro atoms. The number of non-ortho nitro benzene ring substituents is 1. The normalized spacial score (nSPS) is 10.2. The molecule has 0 atom stereocenters. The summed E-state index contributed by atoms with van der Waals surface area (Å²) >= 11 is 1.41. The molecule has 0 aliphatic carbocycles. The third kappa shape index (κ3) is 3.38. The van der Waals surface area contributed by atoms with E-state index >= 15 is 0 Å². The van der Waals surface area contributed by atoms with Crippen molar-refractivity contribution in [1.29, 1.82) is 0 Å². The van der Waals surface area contributed by atoms with Gasteiger partial charge in [0.1, 0.15) is 5.75 Å². The van der Waals surface area contributed by atoms with Crippen molar-refractivity contribution in [3.63, 3.8) is 0 Å². The number of hydrogen-bond donors (Lipinski definition) is 1. The monoisotopic (exact) mass is 276 g/mol. The van der Waals surface area contributed by atoms with Crippen LogP contribution in [0.5, 0.6) is 5.75 Å². The first kappa shape index (κ1) is 13.2. The van der Waals surface area contributed by atoms with Gasteiger partial charge in [-0.2, -0.15) is 0 Å². The average Bonchev–Trinajstić information content (AvgIpc) is 2.39. The number of hydrogen-bond acceptors (Lipinski definition) is 5. The molecule has 0 aromatic heterocycles. The minimum atomic E-state index is -0.450. The van der Waals surface area contributed by atoms with Gasteiger partial charge in [-0.15, -0.1) is 0 Å². The molecule has 0 heterocycles. The van der Waals surface area contributed by atoms with E-state index in [-0.39, 0.29) is 5.69 Å². The smallest absolute Gasteiger partial charge is 0.272 e. The van der Waals surface area contributed by atoms with Gasteiger partial charge in [-0.1, -0.05) is 11.8 Å². The van der Waals surface area contributed by atoms with Crippen LogP contribution in [0.3, 0.4) is 0 Å². The zero-order valence-corrected chi connectivity index (χ0v) is 11.0. The van der Waals surface area contributed by atoms with Crippen molar-refractivity contribution in [2.24, 2.45) is 0 Å². The molecule has 2 aromatic carbocycles. The van der Waals surface area contributed by atoms with Gasteiger partial charge in [-0.25, -0.2) is 0 Å². The molecular weight excluding hydrogens is 264 g/mol. The maximum atomic E-state index is 10.8. The van der Waals surface area contributed by atoms with Crippen molar-refractivity contribution in [1.82, 2.24) is 0 Å². The molecule has 0 amide bonds. The van der Waals surface area contributed by atoms with Crippen molar-refractivity contribution >= 4 is 23.1 Å². The molecule has 2 N–H and O–H groups in total. The highest BCUT2D eigenvalue weighted by molar-refractivity contribution is 7.99. The fraction of sp³-hybridized carbons (Fsp3) is 0.0769. The number of ether oxygens (including phenoxy) is 1. The molecule has 0 unspecified atom stereocenters. The number of methoxy groups -OCH3 is 1. The van der Waals surface area contributed by atoms with Crippen LogP contribution >= 0.6 is 11.8 Å². The molecule has 98 valence electrons. The van der Waals surface area contributed by atoms with E-state index in [0.29, 0.717) is 5.69 Å². The average molecular weight is 276 g/mol. The van der Waals surface area contributed by atoms with E-state index in [2.05, 4.69) is 0 Å². The molecule has 0 fully saturated rings. The van der Waals surface area contributed by atoms with E-state index in [9.17, 15) is 10.1 Å². The zero-order chi connectivity index (χ0) is 13.8. The minimum Gasteiger partial charge on any atom is -0.497 e. The van der Waals surface area contributed by atoms with Crippen LogP contribution in [0.4, 0.5) is 11.4 Å². The van der Waals surface area contributed by atoms with Crippen LogP contribution in [0.25, 0.3) is 0 Å². The van der Waals surface area contributed by atoms with Crippen LogP contribution in [0.2, 0.25) is 0 Å². The Hall–Kier alpha value is -2.21. The number of rotatable bonds is 4. The van der Waals surface area contributed by atoms with Crippen molar-refractivity contribution in [3.05, 3.63) is 52.6 Å². The summed E-state index contributed by atoms with van der Waals surface area (Å²) in [5.41, 5.74) is 6.03. The number of nitrogen functional groups attached to an aromatic ring is 1. The second-order valence-corrected chi connectivity index (χ2v) is 4.94. The lowest BCUT2D eigenvalue weighted by atomic mass is 10.3. The topological polar surface area (TPSA) is 78.4 Å². The highest BCUT2D eigenvalue weighted by atomic mass is 32.2. The van der Waals surface area contributed by atoms with Crippen molar-refractivity contribution in [3.8, 4) is 5.75 Å². The summed E-state index contributed by atoms with van der Waals surface area (Å²) in [6, 6.07) is 12.0. The van der Waals surface area contributed by atoms with Gasteiger partial charge in [0.25, 0.3) is 5.69 Å². The molecule has 0 bridgehead atoms. The number of anilines is 1. The molecule has 19 heavy (non-hydrogen) atoms. The van der Waals surface area contributed by atoms with E-state index in [1.165, 1.54) is 23.9 Å². The Kier molecular flexibility index (Phi) is 3.91. The molecule has 0 aliphatic heterocycles. The summed E-state index contributed by atoms with van der Waals surface area (Å²) in [7, 11) is 1.60. The second-order valence-electron chi connectivity index (χ2n) is 3.79. The van der Waals surface area contributed by atoms with Crippen LogP contribution in [0.15, 0.2) is 52.3 Å². The maximum absolute atomic E-state index is 10.8. The summed E-state index contributed by atoms with van der Waals surface area (Å²) in [5, 5.41) is 10.8. The molecule has 6 heteroatoms. The van der Waals surface area contributed by atoms with Crippen molar-refractivity contribution < 1.29 is 9.66 Å². The van der Waals surface area contributed by atoms with E-state index < -0.39 is 4.92 Å². The van der Waals surface area contributed by atoms with E-state index in [1.54, 1.807) is 13.2 Å². The SMILES string of the molecule is COc1ccc(Sc2cc(N)cc([N+](=O)[O-])c2)cc1. The molecule has 0 saturated carbocycles. The van der Waals surface area contributed by atoms with Gasteiger partial charge in [-0.3, -0.25) is 10.1 Å².